The molecule has 0 saturated heterocycles. The Kier molecular flexibility index (Phi) is 5.52. The minimum atomic E-state index is -0.962. The number of anilines is 1. The van der Waals surface area contributed by atoms with Gasteiger partial charge in [0.1, 0.15) is 0 Å². The van der Waals surface area contributed by atoms with Gasteiger partial charge in [-0.25, -0.2) is 0 Å². The van der Waals surface area contributed by atoms with Gasteiger partial charge in [-0.1, -0.05) is 35.2 Å². The van der Waals surface area contributed by atoms with Crippen LogP contribution in [0.1, 0.15) is 25.8 Å². The van der Waals surface area contributed by atoms with Gasteiger partial charge in [0.05, 0.1) is 16.6 Å². The molecule has 1 aromatic rings. The van der Waals surface area contributed by atoms with Crippen molar-refractivity contribution in [2.24, 2.45) is 5.73 Å². The minimum absolute atomic E-state index is 0. The quantitative estimate of drug-likeness (QED) is 0.865. The van der Waals surface area contributed by atoms with E-state index < -0.39 is 11.8 Å². The smallest absolute Gasteiger partial charge is 0.322 e. The molecule has 0 aliphatic carbocycles. The van der Waals surface area contributed by atoms with Crippen molar-refractivity contribution in [3.05, 3.63) is 27.7 Å². The third-order valence-electron chi connectivity index (χ3n) is 3.07. The Morgan fingerprint density at radius 3 is 2.75 bits per heavy atom. The molecule has 0 amide bonds. The number of halogens is 3. The van der Waals surface area contributed by atoms with Crippen LogP contribution < -0.4 is 11.1 Å². The molecular formula is C12H16Cl3N3O2. The van der Waals surface area contributed by atoms with E-state index in [4.69, 9.17) is 33.8 Å². The molecule has 20 heavy (non-hydrogen) atoms. The molecule has 1 aromatic carbocycles. The van der Waals surface area contributed by atoms with Crippen molar-refractivity contribution < 1.29 is 9.63 Å². The molecule has 1 unspecified atom stereocenters. The summed E-state index contributed by atoms with van der Waals surface area (Å²) in [5.41, 5.74) is 7.76. The van der Waals surface area contributed by atoms with Crippen molar-refractivity contribution in [2.45, 2.75) is 32.6 Å². The summed E-state index contributed by atoms with van der Waals surface area (Å²) in [5.74, 6) is -1.40. The lowest BCUT2D eigenvalue weighted by Gasteiger charge is -2.43. The molecular weight excluding hydrogens is 325 g/mol. The van der Waals surface area contributed by atoms with Crippen LogP contribution in [0.15, 0.2) is 12.1 Å². The number of fused-ring (bicyclic) bond motifs is 1. The van der Waals surface area contributed by atoms with Crippen LogP contribution in [0.3, 0.4) is 0 Å². The van der Waals surface area contributed by atoms with Crippen LogP contribution in [0.2, 0.25) is 10.0 Å². The van der Waals surface area contributed by atoms with Gasteiger partial charge in [-0.3, -0.25) is 10.5 Å². The molecule has 0 aromatic heterocycles. The molecule has 1 aliphatic heterocycles. The first-order valence-corrected chi connectivity index (χ1v) is 6.63. The highest BCUT2D eigenvalue weighted by Crippen LogP contribution is 2.38. The largest absolute Gasteiger partial charge is 0.364 e. The molecule has 0 fully saturated rings. The molecule has 0 radical (unpaired) electrons. The predicted octanol–water partition coefficient (Wildman–Crippen LogP) is 3.14. The molecule has 5 nitrogen and oxygen atoms in total. The highest BCUT2D eigenvalue weighted by Gasteiger charge is 2.39. The first kappa shape index (κ1) is 17.3. The standard InChI is InChI=1S/C12H15Cl2N3O2.ClH/c1-3-12(15)16-10-5-4-9(13)11(14)8(10)6-17(12)19-7(2)18;/h4-5,16H,3,6,15H2,1-2H3;1H. The van der Waals surface area contributed by atoms with Gasteiger partial charge in [0.25, 0.3) is 0 Å². The van der Waals surface area contributed by atoms with Gasteiger partial charge >= 0.3 is 5.97 Å². The van der Waals surface area contributed by atoms with E-state index >= 15 is 0 Å². The van der Waals surface area contributed by atoms with E-state index in [2.05, 4.69) is 5.32 Å². The summed E-state index contributed by atoms with van der Waals surface area (Å²) in [5, 5.41) is 5.40. The van der Waals surface area contributed by atoms with Gasteiger partial charge in [0.2, 0.25) is 0 Å². The first-order valence-electron chi connectivity index (χ1n) is 5.87. The lowest BCUT2D eigenvalue weighted by Crippen LogP contribution is -2.63. The summed E-state index contributed by atoms with van der Waals surface area (Å²) in [6.45, 7) is 3.50. The zero-order chi connectivity index (χ0) is 14.2. The Bertz CT molecular complexity index is 527. The molecule has 1 aliphatic rings. The van der Waals surface area contributed by atoms with Crippen LogP contribution >= 0.6 is 35.6 Å². The van der Waals surface area contributed by atoms with E-state index in [1.54, 1.807) is 6.07 Å². The Labute approximate surface area is 133 Å². The SMILES string of the molecule is CCC1(N)Nc2ccc(Cl)c(Cl)c2CN1OC(C)=O.Cl. The third-order valence-corrected chi connectivity index (χ3v) is 3.92. The molecule has 1 heterocycles. The number of hydrogen-bond donors (Lipinski definition) is 2. The summed E-state index contributed by atoms with van der Waals surface area (Å²) >= 11 is 12.2. The van der Waals surface area contributed by atoms with E-state index in [0.717, 1.165) is 11.3 Å². The molecule has 3 N–H and O–H groups in total. The average Bonchev–Trinajstić information content (AvgIpc) is 2.35. The van der Waals surface area contributed by atoms with E-state index in [0.29, 0.717) is 16.5 Å². The van der Waals surface area contributed by atoms with Gasteiger partial charge in [0, 0.05) is 18.2 Å². The molecule has 8 heteroatoms. The second kappa shape index (κ2) is 6.37. The maximum atomic E-state index is 11.2. The summed E-state index contributed by atoms with van der Waals surface area (Å²) in [4.78, 5) is 16.3. The normalized spacial score (nSPS) is 21.4. The molecule has 0 spiro atoms. The van der Waals surface area contributed by atoms with E-state index in [9.17, 15) is 4.79 Å². The van der Waals surface area contributed by atoms with Crippen molar-refractivity contribution >= 4 is 47.3 Å². The van der Waals surface area contributed by atoms with Crippen molar-refractivity contribution in [1.29, 1.82) is 0 Å². The van der Waals surface area contributed by atoms with Crippen LogP contribution in [-0.2, 0) is 16.2 Å². The van der Waals surface area contributed by atoms with Gasteiger partial charge < -0.3 is 10.2 Å². The monoisotopic (exact) mass is 339 g/mol. The van der Waals surface area contributed by atoms with Gasteiger partial charge in [-0.15, -0.1) is 12.4 Å². The summed E-state index contributed by atoms with van der Waals surface area (Å²) < 4.78 is 0. The second-order valence-electron chi connectivity index (χ2n) is 4.41. The zero-order valence-corrected chi connectivity index (χ0v) is 13.4. The van der Waals surface area contributed by atoms with Crippen LogP contribution in [0.25, 0.3) is 0 Å². The maximum Gasteiger partial charge on any atom is 0.322 e. The number of benzene rings is 1. The molecule has 2 rings (SSSR count). The number of rotatable bonds is 2. The van der Waals surface area contributed by atoms with Crippen molar-refractivity contribution in [3.63, 3.8) is 0 Å². The number of carbonyl (C=O) groups excluding carboxylic acids is 1. The van der Waals surface area contributed by atoms with Gasteiger partial charge in [-0.2, -0.15) is 0 Å². The van der Waals surface area contributed by atoms with Crippen LogP contribution in [-0.4, -0.2) is 16.8 Å². The van der Waals surface area contributed by atoms with Crippen LogP contribution in [0, 0.1) is 0 Å². The second-order valence-corrected chi connectivity index (χ2v) is 5.19. The van der Waals surface area contributed by atoms with E-state index in [1.165, 1.54) is 12.0 Å². The Hall–Kier alpha value is -0.720. The van der Waals surface area contributed by atoms with Crippen molar-refractivity contribution in [3.8, 4) is 0 Å². The summed E-state index contributed by atoms with van der Waals surface area (Å²) in [7, 11) is 0. The van der Waals surface area contributed by atoms with E-state index in [-0.39, 0.29) is 19.0 Å². The highest BCUT2D eigenvalue weighted by molar-refractivity contribution is 6.42. The fraction of sp³-hybridized carbons (Fsp3) is 0.417. The molecule has 0 saturated carbocycles. The minimum Gasteiger partial charge on any atom is -0.364 e. The van der Waals surface area contributed by atoms with E-state index in [1.807, 2.05) is 13.0 Å². The Balaban J connectivity index is 0.00000200. The number of nitrogens with zero attached hydrogens (tertiary/aromatic N) is 1. The number of hydrogen-bond acceptors (Lipinski definition) is 5. The maximum absolute atomic E-state index is 11.2. The molecule has 112 valence electrons. The fourth-order valence-electron chi connectivity index (χ4n) is 1.98. The van der Waals surface area contributed by atoms with Gasteiger partial charge in [-0.05, 0) is 18.6 Å². The van der Waals surface area contributed by atoms with Crippen molar-refractivity contribution in [1.82, 2.24) is 5.06 Å². The Morgan fingerprint density at radius 2 is 2.20 bits per heavy atom. The lowest BCUT2D eigenvalue weighted by molar-refractivity contribution is -0.222. The third kappa shape index (κ3) is 3.13. The molecule has 1 atom stereocenters. The number of carbonyl (C=O) groups is 1. The Morgan fingerprint density at radius 1 is 1.55 bits per heavy atom. The number of nitrogens with two attached hydrogens (primary N) is 1. The zero-order valence-electron chi connectivity index (χ0n) is 11.1. The topological polar surface area (TPSA) is 67.6 Å². The predicted molar refractivity (Wildman–Crippen MR) is 81.9 cm³/mol. The average molecular weight is 341 g/mol. The first-order chi connectivity index (χ1) is 8.87. The van der Waals surface area contributed by atoms with Crippen LogP contribution in [0.4, 0.5) is 5.69 Å². The highest BCUT2D eigenvalue weighted by atomic mass is 35.5. The number of nitrogens with one attached hydrogen (secondary N) is 1. The van der Waals surface area contributed by atoms with Gasteiger partial charge in [0.15, 0.2) is 5.79 Å². The van der Waals surface area contributed by atoms with Crippen molar-refractivity contribution in [2.75, 3.05) is 5.32 Å². The summed E-state index contributed by atoms with van der Waals surface area (Å²) in [6.07, 6.45) is 0.542. The molecule has 0 bridgehead atoms. The fourth-order valence-corrected chi connectivity index (χ4v) is 2.38. The van der Waals surface area contributed by atoms with Crippen LogP contribution in [0.5, 0.6) is 0 Å². The lowest BCUT2D eigenvalue weighted by atomic mass is 10.1. The summed E-state index contributed by atoms with van der Waals surface area (Å²) in [6, 6.07) is 3.51. The number of hydroxylamine groups is 2.